The Morgan fingerprint density at radius 2 is 2.00 bits per heavy atom. The van der Waals surface area contributed by atoms with E-state index in [2.05, 4.69) is 0 Å². The van der Waals surface area contributed by atoms with Crippen LogP contribution in [0.2, 0.25) is 0 Å². The van der Waals surface area contributed by atoms with Gasteiger partial charge in [-0.1, -0.05) is 12.1 Å². The van der Waals surface area contributed by atoms with E-state index in [0.29, 0.717) is 36.3 Å². The van der Waals surface area contributed by atoms with Gasteiger partial charge in [-0.25, -0.2) is 4.39 Å². The summed E-state index contributed by atoms with van der Waals surface area (Å²) in [6.45, 7) is 0. The van der Waals surface area contributed by atoms with E-state index < -0.39 is 18.3 Å². The topological polar surface area (TPSA) is 60.7 Å². The van der Waals surface area contributed by atoms with Crippen LogP contribution in [-0.2, 0) is 0 Å². The third-order valence-corrected chi connectivity index (χ3v) is 4.96. The van der Waals surface area contributed by atoms with E-state index in [9.17, 15) is 19.7 Å². The summed E-state index contributed by atoms with van der Waals surface area (Å²) < 4.78 is 13.4. The van der Waals surface area contributed by atoms with Crippen LogP contribution in [0.15, 0.2) is 29.2 Å². The highest BCUT2D eigenvalue weighted by molar-refractivity contribution is 7.99. The smallest absolute Gasteiger partial charge is 0.136 e. The summed E-state index contributed by atoms with van der Waals surface area (Å²) in [6.07, 6.45) is 0.896. The summed E-state index contributed by atoms with van der Waals surface area (Å²) in [6, 6.07) is 6.52. The van der Waals surface area contributed by atoms with E-state index in [-0.39, 0.29) is 11.7 Å². The van der Waals surface area contributed by atoms with Crippen LogP contribution < -0.4 is 0 Å². The summed E-state index contributed by atoms with van der Waals surface area (Å²) in [5.74, 6) is 0.240. The molecule has 1 saturated carbocycles. The summed E-state index contributed by atoms with van der Waals surface area (Å²) in [5.41, 5.74) is 0. The molecule has 0 saturated heterocycles. The molecular formula is C15H21FO3S. The van der Waals surface area contributed by atoms with Gasteiger partial charge in [0.1, 0.15) is 5.82 Å². The van der Waals surface area contributed by atoms with Crippen LogP contribution in [0.4, 0.5) is 4.39 Å². The van der Waals surface area contributed by atoms with Gasteiger partial charge in [-0.2, -0.15) is 0 Å². The Kier molecular flexibility index (Phi) is 5.84. The predicted octanol–water partition coefficient (Wildman–Crippen LogP) is 2.19. The number of rotatable bonds is 6. The first-order valence-corrected chi connectivity index (χ1v) is 7.96. The molecule has 1 aliphatic rings. The van der Waals surface area contributed by atoms with E-state index in [4.69, 9.17) is 0 Å². The number of aliphatic hydroxyl groups excluding tert-OH is 3. The molecule has 2 rings (SSSR count). The monoisotopic (exact) mass is 300 g/mol. The van der Waals surface area contributed by atoms with Gasteiger partial charge >= 0.3 is 0 Å². The fourth-order valence-corrected chi connectivity index (χ4v) is 3.54. The molecule has 3 nitrogen and oxygen atoms in total. The van der Waals surface area contributed by atoms with E-state index in [1.165, 1.54) is 17.8 Å². The van der Waals surface area contributed by atoms with Crippen molar-refractivity contribution in [1.82, 2.24) is 0 Å². The number of halogens is 1. The third kappa shape index (κ3) is 4.45. The zero-order valence-electron chi connectivity index (χ0n) is 11.3. The van der Waals surface area contributed by atoms with Gasteiger partial charge in [0.15, 0.2) is 0 Å². The molecule has 1 aromatic carbocycles. The molecule has 1 aliphatic carbocycles. The van der Waals surface area contributed by atoms with Crippen molar-refractivity contribution >= 4 is 11.8 Å². The second-order valence-corrected chi connectivity index (χ2v) is 6.49. The Morgan fingerprint density at radius 1 is 1.25 bits per heavy atom. The van der Waals surface area contributed by atoms with Crippen molar-refractivity contribution in [3.8, 4) is 0 Å². The summed E-state index contributed by atoms with van der Waals surface area (Å²) in [7, 11) is 0. The summed E-state index contributed by atoms with van der Waals surface area (Å²) in [5, 5.41) is 29.1. The van der Waals surface area contributed by atoms with Crippen molar-refractivity contribution in [3.05, 3.63) is 30.1 Å². The highest BCUT2D eigenvalue weighted by Crippen LogP contribution is 2.31. The Bertz CT molecular complexity index is 429. The average molecular weight is 300 g/mol. The Labute approximate surface area is 122 Å². The first-order chi connectivity index (χ1) is 9.56. The molecule has 1 aromatic rings. The van der Waals surface area contributed by atoms with Crippen LogP contribution in [0.1, 0.15) is 25.7 Å². The summed E-state index contributed by atoms with van der Waals surface area (Å²) in [4.78, 5) is 0.544. The van der Waals surface area contributed by atoms with Crippen molar-refractivity contribution in [2.75, 3.05) is 5.75 Å². The lowest BCUT2D eigenvalue weighted by molar-refractivity contribution is 0.107. The average Bonchev–Trinajstić information content (AvgIpc) is 2.74. The molecule has 0 bridgehead atoms. The van der Waals surface area contributed by atoms with E-state index in [1.807, 2.05) is 0 Å². The van der Waals surface area contributed by atoms with Crippen molar-refractivity contribution in [2.24, 2.45) is 5.92 Å². The fraction of sp³-hybridized carbons (Fsp3) is 0.600. The zero-order chi connectivity index (χ0) is 14.5. The van der Waals surface area contributed by atoms with Crippen LogP contribution in [0.25, 0.3) is 0 Å². The number of hydrogen-bond donors (Lipinski definition) is 3. The van der Waals surface area contributed by atoms with Crippen LogP contribution in [0, 0.1) is 11.7 Å². The van der Waals surface area contributed by atoms with Crippen LogP contribution >= 0.6 is 11.8 Å². The molecule has 20 heavy (non-hydrogen) atoms. The molecule has 4 atom stereocenters. The van der Waals surface area contributed by atoms with Crippen LogP contribution in [0.5, 0.6) is 0 Å². The Morgan fingerprint density at radius 3 is 2.65 bits per heavy atom. The number of hydrogen-bond acceptors (Lipinski definition) is 4. The molecule has 5 heteroatoms. The van der Waals surface area contributed by atoms with Gasteiger partial charge in [-0.3, -0.25) is 0 Å². The maximum atomic E-state index is 13.4. The fourth-order valence-electron chi connectivity index (χ4n) is 2.62. The Hall–Kier alpha value is -0.620. The largest absolute Gasteiger partial charge is 0.393 e. The lowest BCUT2D eigenvalue weighted by Crippen LogP contribution is -2.17. The maximum Gasteiger partial charge on any atom is 0.136 e. The number of thioether (sulfide) groups is 1. The van der Waals surface area contributed by atoms with Gasteiger partial charge in [0.05, 0.1) is 18.3 Å². The second kappa shape index (κ2) is 7.41. The quantitative estimate of drug-likeness (QED) is 0.705. The van der Waals surface area contributed by atoms with Gasteiger partial charge in [-0.05, 0) is 43.7 Å². The van der Waals surface area contributed by atoms with Gasteiger partial charge in [0.2, 0.25) is 0 Å². The third-order valence-electron chi connectivity index (χ3n) is 3.77. The van der Waals surface area contributed by atoms with Crippen molar-refractivity contribution in [3.63, 3.8) is 0 Å². The molecule has 0 spiro atoms. The van der Waals surface area contributed by atoms with Gasteiger partial charge in [0.25, 0.3) is 0 Å². The van der Waals surface area contributed by atoms with E-state index in [0.717, 1.165) is 0 Å². The minimum Gasteiger partial charge on any atom is -0.393 e. The molecule has 0 heterocycles. The first kappa shape index (κ1) is 15.8. The molecule has 0 aromatic heterocycles. The molecule has 0 radical (unpaired) electrons. The molecule has 0 unspecified atom stereocenters. The Balaban J connectivity index is 1.71. The molecule has 112 valence electrons. The van der Waals surface area contributed by atoms with Crippen LogP contribution in [-0.4, -0.2) is 39.4 Å². The second-order valence-electron chi connectivity index (χ2n) is 5.43. The number of aliphatic hydroxyl groups is 3. The highest BCUT2D eigenvalue weighted by atomic mass is 32.2. The molecule has 1 fully saturated rings. The van der Waals surface area contributed by atoms with Crippen molar-refractivity contribution < 1.29 is 19.7 Å². The molecule has 0 amide bonds. The SMILES string of the molecule is O[C@H](CC[C@@H]1C[C@@H](O)C[C@H]1O)CSc1ccccc1F. The van der Waals surface area contributed by atoms with Crippen molar-refractivity contribution in [1.29, 1.82) is 0 Å². The lowest BCUT2D eigenvalue weighted by atomic mass is 9.98. The highest BCUT2D eigenvalue weighted by Gasteiger charge is 2.31. The zero-order valence-corrected chi connectivity index (χ0v) is 12.1. The van der Waals surface area contributed by atoms with Gasteiger partial charge in [0, 0.05) is 10.6 Å². The normalized spacial score (nSPS) is 27.7. The number of benzene rings is 1. The van der Waals surface area contributed by atoms with E-state index >= 15 is 0 Å². The minimum atomic E-state index is -0.524. The molecular weight excluding hydrogens is 279 g/mol. The van der Waals surface area contributed by atoms with Gasteiger partial charge < -0.3 is 15.3 Å². The van der Waals surface area contributed by atoms with Crippen LogP contribution in [0.3, 0.4) is 0 Å². The summed E-state index contributed by atoms with van der Waals surface area (Å²) >= 11 is 1.30. The minimum absolute atomic E-state index is 0.0677. The molecule has 3 N–H and O–H groups in total. The standard InChI is InChI=1S/C15H21FO3S/c16-13-3-1-2-4-15(13)20-9-11(17)6-5-10-7-12(18)8-14(10)19/h1-4,10-12,14,17-19H,5-9H2/t10-,11-,12-,14-/m1/s1. The van der Waals surface area contributed by atoms with E-state index in [1.54, 1.807) is 18.2 Å². The van der Waals surface area contributed by atoms with Crippen molar-refractivity contribution in [2.45, 2.75) is 48.9 Å². The maximum absolute atomic E-state index is 13.4. The lowest BCUT2D eigenvalue weighted by Gasteiger charge is -2.16. The predicted molar refractivity (Wildman–Crippen MR) is 77.1 cm³/mol. The first-order valence-electron chi connectivity index (χ1n) is 6.97. The molecule has 0 aliphatic heterocycles. The van der Waals surface area contributed by atoms with Gasteiger partial charge in [-0.15, -0.1) is 11.8 Å².